The van der Waals surface area contributed by atoms with Gasteiger partial charge in [-0.25, -0.2) is 0 Å². The normalized spacial score (nSPS) is 19.6. The molecule has 2 atom stereocenters. The van der Waals surface area contributed by atoms with Gasteiger partial charge in [0.15, 0.2) is 0 Å². The Morgan fingerprint density at radius 2 is 1.56 bits per heavy atom. The van der Waals surface area contributed by atoms with Gasteiger partial charge in [0.2, 0.25) is 0 Å². The van der Waals surface area contributed by atoms with Crippen LogP contribution in [-0.4, -0.2) is 23.7 Å². The van der Waals surface area contributed by atoms with Crippen LogP contribution in [0.4, 0.5) is 0 Å². The molecule has 0 unspecified atom stereocenters. The van der Waals surface area contributed by atoms with E-state index < -0.39 is 0 Å². The van der Waals surface area contributed by atoms with Crippen molar-refractivity contribution in [2.24, 2.45) is 0 Å². The lowest BCUT2D eigenvalue weighted by atomic mass is 9.83. The molecule has 0 aliphatic carbocycles. The summed E-state index contributed by atoms with van der Waals surface area (Å²) in [5, 5.41) is 3.61. The molecule has 3 nitrogen and oxygen atoms in total. The lowest BCUT2D eigenvalue weighted by Crippen LogP contribution is -2.41. The number of aromatic nitrogens is 1. The smallest absolute Gasteiger partial charge is 0.0685 e. The molecule has 3 aromatic rings. The average molecular weight is 383 g/mol. The Morgan fingerprint density at radius 3 is 2.07 bits per heavy atom. The van der Waals surface area contributed by atoms with Gasteiger partial charge < -0.3 is 15.0 Å². The molecular formula is C23H27ClN2O. The Kier molecular flexibility index (Phi) is 7.11. The molecule has 1 aromatic heterocycles. The van der Waals surface area contributed by atoms with Crippen LogP contribution >= 0.6 is 12.4 Å². The minimum atomic E-state index is 0. The fraction of sp³-hybridized carbons (Fsp3) is 0.304. The summed E-state index contributed by atoms with van der Waals surface area (Å²) in [5.74, 6) is 0.293. The second kappa shape index (κ2) is 9.75. The Balaban J connectivity index is 0.00000210. The average Bonchev–Trinajstić information content (AvgIpc) is 3.23. The van der Waals surface area contributed by atoms with Gasteiger partial charge >= 0.3 is 0 Å². The Morgan fingerprint density at radius 1 is 0.889 bits per heavy atom. The molecule has 0 amide bonds. The number of nitrogens with one attached hydrogen (secondary N) is 2. The highest BCUT2D eigenvalue weighted by molar-refractivity contribution is 5.85. The molecule has 1 fully saturated rings. The predicted molar refractivity (Wildman–Crippen MR) is 112 cm³/mol. The number of rotatable bonds is 6. The predicted octanol–water partition coefficient (Wildman–Crippen LogP) is 4.91. The van der Waals surface area contributed by atoms with E-state index in [-0.39, 0.29) is 18.5 Å². The topological polar surface area (TPSA) is 37.0 Å². The van der Waals surface area contributed by atoms with Crippen molar-refractivity contribution in [2.75, 3.05) is 6.61 Å². The van der Waals surface area contributed by atoms with Crippen LogP contribution < -0.4 is 5.32 Å². The molecule has 142 valence electrons. The van der Waals surface area contributed by atoms with Gasteiger partial charge in [-0.05, 0) is 36.1 Å². The Bertz CT molecular complexity index is 729. The van der Waals surface area contributed by atoms with Crippen LogP contribution in [0.3, 0.4) is 0 Å². The standard InChI is InChI=1S/C23H26N2O.ClH/c1-3-8-18(9-4-1)23(19-10-5-2-6-11-19)22-14-13-21(17-26-22)25-16-20-12-7-15-24-20;/h1-12,15,21-25H,13-14,16-17H2;1H/t21-,22-;/m0./s1. The molecule has 4 rings (SSSR count). The molecule has 27 heavy (non-hydrogen) atoms. The summed E-state index contributed by atoms with van der Waals surface area (Å²) in [6, 6.07) is 26.1. The van der Waals surface area contributed by atoms with Gasteiger partial charge in [-0.1, -0.05) is 60.7 Å². The molecule has 2 aromatic carbocycles. The van der Waals surface area contributed by atoms with E-state index in [0.717, 1.165) is 26.0 Å². The largest absolute Gasteiger partial charge is 0.376 e. The zero-order chi connectivity index (χ0) is 17.6. The lowest BCUT2D eigenvalue weighted by Gasteiger charge is -2.35. The first-order chi connectivity index (χ1) is 12.9. The Labute approximate surface area is 167 Å². The minimum absolute atomic E-state index is 0. The van der Waals surface area contributed by atoms with Crippen LogP contribution in [0.15, 0.2) is 79.0 Å². The number of hydrogen-bond acceptors (Lipinski definition) is 2. The summed E-state index contributed by atoms with van der Waals surface area (Å²) >= 11 is 0. The third-order valence-electron chi connectivity index (χ3n) is 5.24. The van der Waals surface area contributed by atoms with E-state index in [1.54, 1.807) is 0 Å². The maximum atomic E-state index is 6.36. The van der Waals surface area contributed by atoms with E-state index in [4.69, 9.17) is 4.74 Å². The molecule has 0 saturated carbocycles. The van der Waals surface area contributed by atoms with E-state index in [9.17, 15) is 0 Å². The van der Waals surface area contributed by atoms with E-state index in [1.165, 1.54) is 16.8 Å². The third-order valence-corrected chi connectivity index (χ3v) is 5.24. The second-order valence-electron chi connectivity index (χ2n) is 7.02. The molecule has 1 aliphatic rings. The molecule has 0 radical (unpaired) electrons. The summed E-state index contributed by atoms with van der Waals surface area (Å²) in [7, 11) is 0. The molecule has 0 bridgehead atoms. The van der Waals surface area contributed by atoms with E-state index in [2.05, 4.69) is 77.0 Å². The quantitative estimate of drug-likeness (QED) is 0.635. The van der Waals surface area contributed by atoms with Crippen LogP contribution in [0, 0.1) is 0 Å². The van der Waals surface area contributed by atoms with Crippen molar-refractivity contribution < 1.29 is 4.74 Å². The molecule has 4 heteroatoms. The lowest BCUT2D eigenvalue weighted by molar-refractivity contribution is -0.0117. The van der Waals surface area contributed by atoms with Gasteiger partial charge in [0, 0.05) is 30.4 Å². The summed E-state index contributed by atoms with van der Waals surface area (Å²) in [6.45, 7) is 1.63. The van der Waals surface area contributed by atoms with E-state index >= 15 is 0 Å². The molecule has 2 N–H and O–H groups in total. The second-order valence-corrected chi connectivity index (χ2v) is 7.02. The monoisotopic (exact) mass is 382 g/mol. The fourth-order valence-electron chi connectivity index (χ4n) is 3.87. The van der Waals surface area contributed by atoms with Crippen LogP contribution in [0.1, 0.15) is 35.6 Å². The van der Waals surface area contributed by atoms with Gasteiger partial charge in [-0.3, -0.25) is 0 Å². The van der Waals surface area contributed by atoms with Gasteiger partial charge in [-0.15, -0.1) is 12.4 Å². The molecule has 1 aliphatic heterocycles. The van der Waals surface area contributed by atoms with E-state index in [0.29, 0.717) is 12.0 Å². The summed E-state index contributed by atoms with van der Waals surface area (Å²) < 4.78 is 6.36. The zero-order valence-corrected chi connectivity index (χ0v) is 16.2. The third kappa shape index (κ3) is 5.01. The van der Waals surface area contributed by atoms with Crippen LogP contribution in [0.2, 0.25) is 0 Å². The van der Waals surface area contributed by atoms with Gasteiger partial charge in [0.25, 0.3) is 0 Å². The highest BCUT2D eigenvalue weighted by Gasteiger charge is 2.30. The van der Waals surface area contributed by atoms with Gasteiger partial charge in [0.1, 0.15) is 0 Å². The van der Waals surface area contributed by atoms with Crippen LogP contribution in [-0.2, 0) is 11.3 Å². The first-order valence-corrected chi connectivity index (χ1v) is 9.47. The summed E-state index contributed by atoms with van der Waals surface area (Å²) in [4.78, 5) is 3.24. The SMILES string of the molecule is Cl.c1ccc(C(c2ccccc2)[C@@H]2CC[C@H](NCc3ccc[nH]3)CO2)cc1. The van der Waals surface area contributed by atoms with Crippen LogP contribution in [0.5, 0.6) is 0 Å². The maximum Gasteiger partial charge on any atom is 0.0685 e. The highest BCUT2D eigenvalue weighted by atomic mass is 35.5. The summed E-state index contributed by atoms with van der Waals surface area (Å²) in [6.07, 6.45) is 4.40. The number of ether oxygens (including phenoxy) is 1. The molecule has 2 heterocycles. The maximum absolute atomic E-state index is 6.36. The van der Waals surface area contributed by atoms with Crippen molar-refractivity contribution in [3.63, 3.8) is 0 Å². The van der Waals surface area contributed by atoms with Gasteiger partial charge in [-0.2, -0.15) is 0 Å². The highest BCUT2D eigenvalue weighted by Crippen LogP contribution is 2.34. The number of benzene rings is 2. The van der Waals surface area contributed by atoms with Crippen molar-refractivity contribution in [3.8, 4) is 0 Å². The van der Waals surface area contributed by atoms with Crippen molar-refractivity contribution in [1.29, 1.82) is 0 Å². The van der Waals surface area contributed by atoms with Crippen molar-refractivity contribution in [1.82, 2.24) is 10.3 Å². The van der Waals surface area contributed by atoms with Gasteiger partial charge in [0.05, 0.1) is 12.7 Å². The zero-order valence-electron chi connectivity index (χ0n) is 15.4. The number of halogens is 1. The first kappa shape index (κ1) is 19.7. The molecule has 0 spiro atoms. The van der Waals surface area contributed by atoms with Crippen molar-refractivity contribution in [2.45, 2.75) is 37.5 Å². The number of hydrogen-bond donors (Lipinski definition) is 2. The Hall–Kier alpha value is -2.07. The molecule has 1 saturated heterocycles. The molecular weight excluding hydrogens is 356 g/mol. The van der Waals surface area contributed by atoms with Crippen molar-refractivity contribution in [3.05, 3.63) is 95.8 Å². The fourth-order valence-corrected chi connectivity index (χ4v) is 3.87. The van der Waals surface area contributed by atoms with Crippen LogP contribution in [0.25, 0.3) is 0 Å². The number of aromatic amines is 1. The van der Waals surface area contributed by atoms with E-state index in [1.807, 2.05) is 12.3 Å². The minimum Gasteiger partial charge on any atom is -0.376 e. The summed E-state index contributed by atoms with van der Waals surface area (Å²) in [5.41, 5.74) is 3.89. The number of H-pyrrole nitrogens is 1. The first-order valence-electron chi connectivity index (χ1n) is 9.47. The van der Waals surface area contributed by atoms with Crippen molar-refractivity contribution >= 4 is 12.4 Å².